The Kier molecular flexibility index (Phi) is 2.68. The monoisotopic (exact) mass is 196 g/mol. The minimum atomic E-state index is -4.33. The Morgan fingerprint density at radius 1 is 1.54 bits per heavy atom. The topological polar surface area (TPSA) is 32.3 Å². The van der Waals surface area contributed by atoms with Crippen LogP contribution in [0, 0.1) is 0 Å². The van der Waals surface area contributed by atoms with E-state index in [0.717, 1.165) is 12.8 Å². The van der Waals surface area contributed by atoms with Crippen molar-refractivity contribution in [1.82, 2.24) is 10.2 Å². The molecular formula is C7H11F3N2O. The first kappa shape index (κ1) is 10.1. The van der Waals surface area contributed by atoms with Gasteiger partial charge in [-0.25, -0.2) is 4.79 Å². The zero-order valence-electron chi connectivity index (χ0n) is 7.19. The van der Waals surface area contributed by atoms with Gasteiger partial charge >= 0.3 is 12.2 Å². The van der Waals surface area contributed by atoms with Crippen LogP contribution in [0.4, 0.5) is 18.0 Å². The molecule has 0 aromatic rings. The molecule has 3 nitrogen and oxygen atoms in total. The van der Waals surface area contributed by atoms with Gasteiger partial charge in [0.15, 0.2) is 0 Å². The lowest BCUT2D eigenvalue weighted by molar-refractivity contribution is -0.123. The maximum absolute atomic E-state index is 11.7. The van der Waals surface area contributed by atoms with Gasteiger partial charge in [-0.3, -0.25) is 0 Å². The molecule has 0 radical (unpaired) electrons. The van der Waals surface area contributed by atoms with Gasteiger partial charge in [-0.05, 0) is 12.8 Å². The standard InChI is InChI=1S/C7H11F3N2O/c1-12(5-2-3-5)6(13)11-4-7(8,9)10/h5H,2-4H2,1H3,(H,11,13). The molecule has 1 aliphatic carbocycles. The molecule has 0 atom stereocenters. The van der Waals surface area contributed by atoms with Crippen molar-refractivity contribution in [3.63, 3.8) is 0 Å². The van der Waals surface area contributed by atoms with Crippen molar-refractivity contribution >= 4 is 6.03 Å². The summed E-state index contributed by atoms with van der Waals surface area (Å²) in [5, 5.41) is 1.81. The molecule has 1 N–H and O–H groups in total. The summed E-state index contributed by atoms with van der Waals surface area (Å²) in [5.41, 5.74) is 0. The van der Waals surface area contributed by atoms with Gasteiger partial charge in [-0.15, -0.1) is 0 Å². The lowest BCUT2D eigenvalue weighted by Gasteiger charge is -2.17. The summed E-state index contributed by atoms with van der Waals surface area (Å²) >= 11 is 0. The van der Waals surface area contributed by atoms with Gasteiger partial charge in [-0.2, -0.15) is 13.2 Å². The third-order valence-electron chi connectivity index (χ3n) is 1.86. The number of halogens is 3. The van der Waals surface area contributed by atoms with E-state index < -0.39 is 18.8 Å². The molecule has 76 valence electrons. The van der Waals surface area contributed by atoms with Crippen molar-refractivity contribution in [2.24, 2.45) is 0 Å². The highest BCUT2D eigenvalue weighted by Crippen LogP contribution is 2.25. The predicted octanol–water partition coefficient (Wildman–Crippen LogP) is 1.35. The summed E-state index contributed by atoms with van der Waals surface area (Å²) in [6, 6.07) is -0.520. The van der Waals surface area contributed by atoms with Crippen LogP contribution in [0.15, 0.2) is 0 Å². The Labute approximate surface area is 73.9 Å². The van der Waals surface area contributed by atoms with Crippen LogP contribution in [0.25, 0.3) is 0 Å². The third kappa shape index (κ3) is 3.52. The summed E-state index contributed by atoms with van der Waals surface area (Å²) in [7, 11) is 1.50. The minimum absolute atomic E-state index is 0.133. The number of hydrogen-bond acceptors (Lipinski definition) is 1. The molecule has 0 bridgehead atoms. The van der Waals surface area contributed by atoms with E-state index in [1.54, 1.807) is 5.32 Å². The molecule has 0 aromatic carbocycles. The maximum atomic E-state index is 11.7. The maximum Gasteiger partial charge on any atom is 0.405 e. The fraction of sp³-hybridized carbons (Fsp3) is 0.857. The summed E-state index contributed by atoms with van der Waals surface area (Å²) in [5.74, 6) is 0. The average Bonchev–Trinajstić information content (AvgIpc) is 2.79. The molecule has 0 aliphatic heterocycles. The summed E-state index contributed by atoms with van der Waals surface area (Å²) in [6.07, 6.45) is -2.56. The number of carbonyl (C=O) groups excluding carboxylic acids is 1. The first-order valence-electron chi connectivity index (χ1n) is 3.97. The largest absolute Gasteiger partial charge is 0.405 e. The molecule has 0 unspecified atom stereocenters. The average molecular weight is 196 g/mol. The first-order chi connectivity index (χ1) is 5.90. The van der Waals surface area contributed by atoms with Crippen LogP contribution in [0.1, 0.15) is 12.8 Å². The Bertz CT molecular complexity index is 200. The van der Waals surface area contributed by atoms with E-state index in [1.807, 2.05) is 0 Å². The second kappa shape index (κ2) is 3.43. The van der Waals surface area contributed by atoms with Crippen LogP contribution in [0.5, 0.6) is 0 Å². The van der Waals surface area contributed by atoms with Gasteiger partial charge < -0.3 is 10.2 Å². The van der Waals surface area contributed by atoms with E-state index in [1.165, 1.54) is 11.9 Å². The van der Waals surface area contributed by atoms with Gasteiger partial charge in [0.2, 0.25) is 0 Å². The first-order valence-corrected chi connectivity index (χ1v) is 3.97. The molecule has 0 spiro atoms. The second-order valence-electron chi connectivity index (χ2n) is 3.12. The van der Waals surface area contributed by atoms with E-state index in [0.29, 0.717) is 0 Å². The molecule has 0 saturated heterocycles. The lowest BCUT2D eigenvalue weighted by atomic mass is 10.5. The Morgan fingerprint density at radius 2 is 2.08 bits per heavy atom. The molecule has 1 rings (SSSR count). The lowest BCUT2D eigenvalue weighted by Crippen LogP contribution is -2.42. The van der Waals surface area contributed by atoms with Crippen LogP contribution in [0.3, 0.4) is 0 Å². The zero-order valence-corrected chi connectivity index (χ0v) is 7.19. The van der Waals surface area contributed by atoms with Crippen molar-refractivity contribution in [2.45, 2.75) is 25.1 Å². The quantitative estimate of drug-likeness (QED) is 0.710. The van der Waals surface area contributed by atoms with Crippen LogP contribution in [0.2, 0.25) is 0 Å². The highest BCUT2D eigenvalue weighted by molar-refractivity contribution is 5.74. The molecule has 1 fully saturated rings. The molecule has 0 heterocycles. The van der Waals surface area contributed by atoms with Gasteiger partial charge in [0, 0.05) is 13.1 Å². The van der Waals surface area contributed by atoms with E-state index in [-0.39, 0.29) is 6.04 Å². The summed E-state index contributed by atoms with van der Waals surface area (Å²) < 4.78 is 35.0. The number of nitrogens with one attached hydrogen (secondary N) is 1. The third-order valence-corrected chi connectivity index (χ3v) is 1.86. The smallest absolute Gasteiger partial charge is 0.329 e. The number of amides is 2. The Hall–Kier alpha value is -0.940. The number of rotatable bonds is 2. The molecule has 0 aromatic heterocycles. The summed E-state index contributed by atoms with van der Waals surface area (Å²) in [6.45, 7) is -1.26. The second-order valence-corrected chi connectivity index (χ2v) is 3.12. The van der Waals surface area contributed by atoms with Crippen LogP contribution in [-0.4, -0.2) is 36.7 Å². The van der Waals surface area contributed by atoms with E-state index in [2.05, 4.69) is 0 Å². The van der Waals surface area contributed by atoms with Crippen molar-refractivity contribution in [1.29, 1.82) is 0 Å². The number of alkyl halides is 3. The van der Waals surface area contributed by atoms with Gasteiger partial charge in [0.1, 0.15) is 6.54 Å². The van der Waals surface area contributed by atoms with Crippen molar-refractivity contribution in [2.75, 3.05) is 13.6 Å². The van der Waals surface area contributed by atoms with E-state index >= 15 is 0 Å². The minimum Gasteiger partial charge on any atom is -0.329 e. The number of urea groups is 1. The van der Waals surface area contributed by atoms with Crippen molar-refractivity contribution in [3.05, 3.63) is 0 Å². The number of carbonyl (C=O) groups is 1. The van der Waals surface area contributed by atoms with Gasteiger partial charge in [0.25, 0.3) is 0 Å². The number of hydrogen-bond donors (Lipinski definition) is 1. The highest BCUT2D eigenvalue weighted by Gasteiger charge is 2.32. The summed E-state index contributed by atoms with van der Waals surface area (Å²) in [4.78, 5) is 12.3. The van der Waals surface area contributed by atoms with E-state index in [9.17, 15) is 18.0 Å². The number of nitrogens with zero attached hydrogens (tertiary/aromatic N) is 1. The fourth-order valence-electron chi connectivity index (χ4n) is 0.928. The Morgan fingerprint density at radius 3 is 2.46 bits per heavy atom. The Balaban J connectivity index is 2.24. The molecule has 1 saturated carbocycles. The zero-order chi connectivity index (χ0) is 10.1. The van der Waals surface area contributed by atoms with Gasteiger partial charge in [0.05, 0.1) is 0 Å². The molecule has 2 amide bonds. The van der Waals surface area contributed by atoms with Crippen LogP contribution < -0.4 is 5.32 Å². The molecule has 13 heavy (non-hydrogen) atoms. The SMILES string of the molecule is CN(C(=O)NCC(F)(F)F)C1CC1. The van der Waals surface area contributed by atoms with E-state index in [4.69, 9.17) is 0 Å². The molecule has 1 aliphatic rings. The van der Waals surface area contributed by atoms with Crippen LogP contribution >= 0.6 is 0 Å². The molecule has 6 heteroatoms. The highest BCUT2D eigenvalue weighted by atomic mass is 19.4. The van der Waals surface area contributed by atoms with Crippen LogP contribution in [-0.2, 0) is 0 Å². The van der Waals surface area contributed by atoms with Crippen molar-refractivity contribution < 1.29 is 18.0 Å². The van der Waals surface area contributed by atoms with Gasteiger partial charge in [-0.1, -0.05) is 0 Å². The molecular weight excluding hydrogens is 185 g/mol. The predicted molar refractivity (Wildman–Crippen MR) is 40.2 cm³/mol. The van der Waals surface area contributed by atoms with Crippen molar-refractivity contribution in [3.8, 4) is 0 Å². The normalized spacial score (nSPS) is 16.9. The fourth-order valence-corrected chi connectivity index (χ4v) is 0.928.